The van der Waals surface area contributed by atoms with Crippen LogP contribution in [0, 0.1) is 12.8 Å². The number of piperidine rings is 1. The molecule has 0 bridgehead atoms. The van der Waals surface area contributed by atoms with E-state index in [9.17, 15) is 5.11 Å². The molecule has 6 nitrogen and oxygen atoms in total. The van der Waals surface area contributed by atoms with Gasteiger partial charge in [-0.3, -0.25) is 0 Å². The van der Waals surface area contributed by atoms with Crippen LogP contribution in [-0.4, -0.2) is 51.1 Å². The summed E-state index contributed by atoms with van der Waals surface area (Å²) in [5, 5.41) is 10.4. The molecule has 0 saturated carbocycles. The predicted octanol–water partition coefficient (Wildman–Crippen LogP) is 2.78. The number of hydrogen-bond acceptors (Lipinski definition) is 6. The lowest BCUT2D eigenvalue weighted by atomic mass is 9.99. The molecule has 1 aliphatic heterocycles. The molecule has 1 atom stereocenters. The van der Waals surface area contributed by atoms with Gasteiger partial charge in [0.25, 0.3) is 0 Å². The van der Waals surface area contributed by atoms with Crippen molar-refractivity contribution < 1.29 is 19.3 Å². The van der Waals surface area contributed by atoms with Crippen molar-refractivity contribution in [1.82, 2.24) is 4.98 Å². The van der Waals surface area contributed by atoms with Crippen molar-refractivity contribution >= 4 is 16.7 Å². The Balaban J connectivity index is 2.12. The third-order valence-corrected chi connectivity index (χ3v) is 4.89. The van der Waals surface area contributed by atoms with Gasteiger partial charge in [-0.25, -0.2) is 4.98 Å². The second-order valence-electron chi connectivity index (χ2n) is 6.47. The van der Waals surface area contributed by atoms with Gasteiger partial charge >= 0.3 is 0 Å². The summed E-state index contributed by atoms with van der Waals surface area (Å²) >= 11 is 0. The Morgan fingerprint density at radius 1 is 1.16 bits per heavy atom. The molecule has 1 aromatic heterocycles. The normalized spacial score (nSPS) is 17.6. The minimum absolute atomic E-state index is 0.224. The second kappa shape index (κ2) is 7.35. The van der Waals surface area contributed by atoms with E-state index >= 15 is 0 Å². The van der Waals surface area contributed by atoms with Gasteiger partial charge in [-0.2, -0.15) is 0 Å². The number of benzene rings is 1. The molecule has 0 spiro atoms. The maximum absolute atomic E-state index is 9.48. The summed E-state index contributed by atoms with van der Waals surface area (Å²) in [6, 6.07) is 3.97. The summed E-state index contributed by atoms with van der Waals surface area (Å²) < 4.78 is 16.5. The summed E-state index contributed by atoms with van der Waals surface area (Å²) in [5.74, 6) is 3.06. The van der Waals surface area contributed by atoms with Crippen LogP contribution >= 0.6 is 0 Å². The number of aliphatic hydroxyl groups excluding tert-OH is 1. The number of aromatic nitrogens is 1. The van der Waals surface area contributed by atoms with Crippen LogP contribution in [0.15, 0.2) is 12.1 Å². The fourth-order valence-electron chi connectivity index (χ4n) is 3.62. The zero-order valence-electron chi connectivity index (χ0n) is 15.3. The molecule has 1 saturated heterocycles. The Hall–Kier alpha value is -2.21. The van der Waals surface area contributed by atoms with Gasteiger partial charge in [0.05, 0.1) is 26.8 Å². The minimum Gasteiger partial charge on any atom is -0.493 e. The van der Waals surface area contributed by atoms with Crippen LogP contribution in [0.3, 0.4) is 0 Å². The predicted molar refractivity (Wildman–Crippen MR) is 98.2 cm³/mol. The second-order valence-corrected chi connectivity index (χ2v) is 6.47. The molecule has 0 amide bonds. The van der Waals surface area contributed by atoms with E-state index in [-0.39, 0.29) is 6.61 Å². The lowest BCUT2D eigenvalue weighted by molar-refractivity contribution is 0.208. The summed E-state index contributed by atoms with van der Waals surface area (Å²) in [5.41, 5.74) is 1.89. The molecule has 1 aliphatic rings. The standard InChI is InChI=1S/C19H26N2O4/c1-12-8-16(21-7-5-6-13(10-21)11-22)20-14-9-15(23-2)18(24-3)19(25-4)17(12)14/h8-9,13,22H,5-7,10-11H2,1-4H3/t13-/m1/s1. The quantitative estimate of drug-likeness (QED) is 0.898. The first-order chi connectivity index (χ1) is 12.1. The third-order valence-electron chi connectivity index (χ3n) is 4.89. The molecular formula is C19H26N2O4. The number of ether oxygens (including phenoxy) is 3. The van der Waals surface area contributed by atoms with Crippen molar-refractivity contribution in [2.45, 2.75) is 19.8 Å². The van der Waals surface area contributed by atoms with Crippen LogP contribution in [-0.2, 0) is 0 Å². The summed E-state index contributed by atoms with van der Waals surface area (Å²) in [7, 11) is 4.84. The maximum Gasteiger partial charge on any atom is 0.204 e. The Kier molecular flexibility index (Phi) is 5.18. The van der Waals surface area contributed by atoms with Gasteiger partial charge in [0.2, 0.25) is 5.75 Å². The zero-order chi connectivity index (χ0) is 18.0. The molecule has 1 fully saturated rings. The van der Waals surface area contributed by atoms with Crippen molar-refractivity contribution in [3.63, 3.8) is 0 Å². The smallest absolute Gasteiger partial charge is 0.204 e. The zero-order valence-corrected chi connectivity index (χ0v) is 15.3. The molecule has 0 radical (unpaired) electrons. The number of rotatable bonds is 5. The molecule has 3 rings (SSSR count). The first-order valence-corrected chi connectivity index (χ1v) is 8.59. The van der Waals surface area contributed by atoms with Gasteiger partial charge in [0.1, 0.15) is 5.82 Å². The highest BCUT2D eigenvalue weighted by atomic mass is 16.5. The van der Waals surface area contributed by atoms with E-state index in [1.807, 2.05) is 6.07 Å². The number of fused-ring (bicyclic) bond motifs is 1. The van der Waals surface area contributed by atoms with Crippen LogP contribution in [0.4, 0.5) is 5.82 Å². The van der Waals surface area contributed by atoms with Gasteiger partial charge < -0.3 is 24.2 Å². The summed E-state index contributed by atoms with van der Waals surface area (Å²) in [4.78, 5) is 7.10. The maximum atomic E-state index is 9.48. The number of anilines is 1. The average Bonchev–Trinajstić information content (AvgIpc) is 2.66. The highest BCUT2D eigenvalue weighted by molar-refractivity contribution is 5.94. The van der Waals surface area contributed by atoms with E-state index in [1.54, 1.807) is 21.3 Å². The molecule has 0 aliphatic carbocycles. The van der Waals surface area contributed by atoms with E-state index in [1.165, 1.54) is 0 Å². The fraction of sp³-hybridized carbons (Fsp3) is 0.526. The van der Waals surface area contributed by atoms with Crippen LogP contribution in [0.5, 0.6) is 17.2 Å². The first-order valence-electron chi connectivity index (χ1n) is 8.59. The van der Waals surface area contributed by atoms with Crippen LogP contribution in [0.1, 0.15) is 18.4 Å². The SMILES string of the molecule is COc1cc2nc(N3CCC[C@@H](CO)C3)cc(C)c2c(OC)c1OC. The van der Waals surface area contributed by atoms with Crippen LogP contribution in [0.25, 0.3) is 10.9 Å². The molecular weight excluding hydrogens is 320 g/mol. The number of pyridine rings is 1. The van der Waals surface area contributed by atoms with Crippen molar-refractivity contribution in [3.05, 3.63) is 17.7 Å². The van der Waals surface area contributed by atoms with E-state index < -0.39 is 0 Å². The first kappa shape index (κ1) is 17.6. The van der Waals surface area contributed by atoms with Gasteiger partial charge in [-0.15, -0.1) is 0 Å². The van der Waals surface area contributed by atoms with Crippen molar-refractivity contribution in [3.8, 4) is 17.2 Å². The molecule has 2 heterocycles. The third kappa shape index (κ3) is 3.18. The highest BCUT2D eigenvalue weighted by Gasteiger charge is 2.23. The summed E-state index contributed by atoms with van der Waals surface area (Å²) in [6.45, 7) is 4.06. The average molecular weight is 346 g/mol. The topological polar surface area (TPSA) is 64.1 Å². The van der Waals surface area contributed by atoms with Gasteiger partial charge in [-0.1, -0.05) is 0 Å². The van der Waals surface area contributed by atoms with Crippen molar-refractivity contribution in [2.75, 3.05) is 45.9 Å². The lowest BCUT2D eigenvalue weighted by Gasteiger charge is -2.33. The Morgan fingerprint density at radius 2 is 1.92 bits per heavy atom. The number of hydrogen-bond donors (Lipinski definition) is 1. The number of aliphatic hydroxyl groups is 1. The molecule has 136 valence electrons. The Labute approximate surface area is 148 Å². The monoisotopic (exact) mass is 346 g/mol. The number of aryl methyl sites for hydroxylation is 1. The Bertz CT molecular complexity index is 763. The molecule has 1 aromatic carbocycles. The lowest BCUT2D eigenvalue weighted by Crippen LogP contribution is -2.37. The van der Waals surface area contributed by atoms with E-state index in [2.05, 4.69) is 17.9 Å². The molecule has 6 heteroatoms. The van der Waals surface area contributed by atoms with E-state index in [0.717, 1.165) is 48.2 Å². The summed E-state index contributed by atoms with van der Waals surface area (Å²) in [6.07, 6.45) is 2.14. The van der Waals surface area contributed by atoms with Gasteiger partial charge in [0, 0.05) is 31.1 Å². The van der Waals surface area contributed by atoms with Crippen LogP contribution < -0.4 is 19.1 Å². The van der Waals surface area contributed by atoms with E-state index in [0.29, 0.717) is 23.2 Å². The van der Waals surface area contributed by atoms with Gasteiger partial charge in [-0.05, 0) is 37.3 Å². The number of nitrogens with zero attached hydrogens (tertiary/aromatic N) is 2. The van der Waals surface area contributed by atoms with Gasteiger partial charge in [0.15, 0.2) is 11.5 Å². The number of methoxy groups -OCH3 is 3. The van der Waals surface area contributed by atoms with Crippen molar-refractivity contribution in [1.29, 1.82) is 0 Å². The van der Waals surface area contributed by atoms with E-state index in [4.69, 9.17) is 19.2 Å². The fourth-order valence-corrected chi connectivity index (χ4v) is 3.62. The minimum atomic E-state index is 0.224. The largest absolute Gasteiger partial charge is 0.493 e. The Morgan fingerprint density at radius 3 is 2.56 bits per heavy atom. The molecule has 1 N–H and O–H groups in total. The van der Waals surface area contributed by atoms with Crippen molar-refractivity contribution in [2.24, 2.45) is 5.92 Å². The molecule has 2 aromatic rings. The molecule has 0 unspecified atom stereocenters. The van der Waals surface area contributed by atoms with Crippen LogP contribution in [0.2, 0.25) is 0 Å². The molecule has 25 heavy (non-hydrogen) atoms. The highest BCUT2D eigenvalue weighted by Crippen LogP contribution is 2.44.